The van der Waals surface area contributed by atoms with Gasteiger partial charge >= 0.3 is 0 Å². The summed E-state index contributed by atoms with van der Waals surface area (Å²) in [6.45, 7) is 4.34. The van der Waals surface area contributed by atoms with Crippen LogP contribution in [-0.2, 0) is 16.1 Å². The summed E-state index contributed by atoms with van der Waals surface area (Å²) in [5.41, 5.74) is 0.771. The van der Waals surface area contributed by atoms with Gasteiger partial charge in [0.05, 0.1) is 30.6 Å². The zero-order valence-corrected chi connectivity index (χ0v) is 15.0. The fraction of sp³-hybridized carbons (Fsp3) is 0.500. The highest BCUT2D eigenvalue weighted by Gasteiger charge is 2.44. The van der Waals surface area contributed by atoms with Gasteiger partial charge in [-0.05, 0) is 44.0 Å². The number of carbonyl (C=O) groups is 1. The average molecular weight is 356 g/mol. The zero-order chi connectivity index (χ0) is 18.0. The predicted molar refractivity (Wildman–Crippen MR) is 94.7 cm³/mol. The molecule has 1 spiro atoms. The Balaban J connectivity index is 1.28. The Morgan fingerprint density at radius 2 is 2.15 bits per heavy atom. The molecular weight excluding hydrogens is 332 g/mol. The Kier molecular flexibility index (Phi) is 4.78. The number of amides is 1. The molecule has 4 rings (SSSR count). The van der Waals surface area contributed by atoms with Crippen LogP contribution < -0.4 is 0 Å². The summed E-state index contributed by atoms with van der Waals surface area (Å²) in [5.74, 6) is 1.14. The van der Waals surface area contributed by atoms with Crippen molar-refractivity contribution in [3.63, 3.8) is 0 Å². The van der Waals surface area contributed by atoms with Crippen molar-refractivity contribution in [3.8, 4) is 0 Å². The highest BCUT2D eigenvalue weighted by atomic mass is 16.6. The second kappa shape index (κ2) is 7.21. The molecule has 2 aromatic heterocycles. The van der Waals surface area contributed by atoms with Gasteiger partial charge in [-0.3, -0.25) is 9.78 Å². The van der Waals surface area contributed by atoms with E-state index in [1.54, 1.807) is 12.3 Å². The van der Waals surface area contributed by atoms with Crippen LogP contribution in [0.4, 0.5) is 0 Å². The maximum Gasteiger partial charge on any atom is 0.289 e. The monoisotopic (exact) mass is 356 g/mol. The number of nitrogens with zero attached hydrogens (tertiary/aromatic N) is 2. The van der Waals surface area contributed by atoms with E-state index in [1.807, 2.05) is 36.1 Å². The van der Waals surface area contributed by atoms with Crippen molar-refractivity contribution < 1.29 is 18.7 Å². The number of likely N-dealkylation sites (tertiary alicyclic amines) is 1. The number of aryl methyl sites for hydroxylation is 1. The molecule has 2 fully saturated rings. The number of furan rings is 1. The lowest BCUT2D eigenvalue weighted by Crippen LogP contribution is -2.46. The van der Waals surface area contributed by atoms with Crippen LogP contribution in [-0.4, -0.2) is 47.2 Å². The molecule has 0 radical (unpaired) electrons. The quantitative estimate of drug-likeness (QED) is 0.843. The van der Waals surface area contributed by atoms with E-state index in [1.165, 1.54) is 0 Å². The first-order valence-electron chi connectivity index (χ1n) is 9.15. The van der Waals surface area contributed by atoms with Gasteiger partial charge in [0.15, 0.2) is 5.76 Å². The lowest BCUT2D eigenvalue weighted by atomic mass is 9.88. The summed E-state index contributed by atoms with van der Waals surface area (Å²) in [5, 5.41) is 0. The van der Waals surface area contributed by atoms with Crippen LogP contribution in [0.3, 0.4) is 0 Å². The van der Waals surface area contributed by atoms with E-state index in [2.05, 4.69) is 4.98 Å². The van der Waals surface area contributed by atoms with Crippen LogP contribution in [0, 0.1) is 6.92 Å². The first-order chi connectivity index (χ1) is 12.6. The van der Waals surface area contributed by atoms with E-state index in [0.717, 1.165) is 30.7 Å². The van der Waals surface area contributed by atoms with Crippen LogP contribution in [0.15, 0.2) is 40.9 Å². The van der Waals surface area contributed by atoms with E-state index in [0.29, 0.717) is 32.1 Å². The fourth-order valence-corrected chi connectivity index (χ4v) is 3.77. The molecule has 2 aromatic rings. The molecule has 0 bridgehead atoms. The Morgan fingerprint density at radius 3 is 2.85 bits per heavy atom. The number of aromatic nitrogens is 1. The average Bonchev–Trinajstić information content (AvgIpc) is 3.28. The minimum atomic E-state index is -0.162. The van der Waals surface area contributed by atoms with E-state index >= 15 is 0 Å². The van der Waals surface area contributed by atoms with Gasteiger partial charge in [-0.15, -0.1) is 0 Å². The number of hydrogen-bond donors (Lipinski definition) is 0. The summed E-state index contributed by atoms with van der Waals surface area (Å²) in [6, 6.07) is 9.39. The predicted octanol–water partition coefficient (Wildman–Crippen LogP) is 2.96. The maximum absolute atomic E-state index is 12.5. The molecule has 0 aliphatic carbocycles. The maximum atomic E-state index is 12.5. The van der Waals surface area contributed by atoms with Gasteiger partial charge in [-0.25, -0.2) is 0 Å². The number of piperidine rings is 1. The number of rotatable bonds is 4. The molecule has 0 N–H and O–H groups in total. The molecule has 1 unspecified atom stereocenters. The number of pyridine rings is 1. The standard InChI is InChI=1S/C20H24N2O4/c1-15-5-6-18(26-15)19(23)22-10-7-20(8-11-22)12-17(14-25-20)24-13-16-4-2-3-9-21-16/h2-6,9,17H,7-8,10-14H2,1H3. The fourth-order valence-electron chi connectivity index (χ4n) is 3.77. The van der Waals surface area contributed by atoms with Crippen LogP contribution in [0.5, 0.6) is 0 Å². The Morgan fingerprint density at radius 1 is 1.31 bits per heavy atom. The second-order valence-electron chi connectivity index (χ2n) is 7.15. The van der Waals surface area contributed by atoms with E-state index in [9.17, 15) is 4.79 Å². The third-order valence-corrected chi connectivity index (χ3v) is 5.28. The molecule has 6 nitrogen and oxygen atoms in total. The van der Waals surface area contributed by atoms with E-state index in [-0.39, 0.29) is 17.6 Å². The number of carbonyl (C=O) groups excluding carboxylic acids is 1. The second-order valence-corrected chi connectivity index (χ2v) is 7.15. The van der Waals surface area contributed by atoms with Crippen molar-refractivity contribution in [2.75, 3.05) is 19.7 Å². The van der Waals surface area contributed by atoms with Crippen molar-refractivity contribution in [1.82, 2.24) is 9.88 Å². The minimum absolute atomic E-state index is 0.0334. The molecule has 2 saturated heterocycles. The van der Waals surface area contributed by atoms with Gasteiger partial charge < -0.3 is 18.8 Å². The van der Waals surface area contributed by atoms with E-state index < -0.39 is 0 Å². The first-order valence-corrected chi connectivity index (χ1v) is 9.15. The highest BCUT2D eigenvalue weighted by molar-refractivity contribution is 5.91. The molecule has 4 heterocycles. The van der Waals surface area contributed by atoms with Crippen LogP contribution >= 0.6 is 0 Å². The summed E-state index contributed by atoms with van der Waals surface area (Å²) in [7, 11) is 0. The van der Waals surface area contributed by atoms with Gasteiger partial charge in [-0.2, -0.15) is 0 Å². The van der Waals surface area contributed by atoms with Gasteiger partial charge in [-0.1, -0.05) is 6.07 Å². The molecule has 0 saturated carbocycles. The molecular formula is C20H24N2O4. The third-order valence-electron chi connectivity index (χ3n) is 5.28. The lowest BCUT2D eigenvalue weighted by Gasteiger charge is -2.38. The SMILES string of the molecule is Cc1ccc(C(=O)N2CCC3(CC2)CC(OCc2ccccn2)CO3)o1. The van der Waals surface area contributed by atoms with Gasteiger partial charge in [0.2, 0.25) is 0 Å². The lowest BCUT2D eigenvalue weighted by molar-refractivity contribution is -0.0416. The van der Waals surface area contributed by atoms with Crippen molar-refractivity contribution in [3.05, 3.63) is 53.7 Å². The number of ether oxygens (including phenoxy) is 2. The molecule has 6 heteroatoms. The third kappa shape index (κ3) is 3.66. The Hall–Kier alpha value is -2.18. The normalized spacial score (nSPS) is 22.0. The first kappa shape index (κ1) is 17.2. The summed E-state index contributed by atoms with van der Waals surface area (Å²) < 4.78 is 17.6. The number of hydrogen-bond acceptors (Lipinski definition) is 5. The molecule has 1 atom stereocenters. The topological polar surface area (TPSA) is 64.8 Å². The molecule has 138 valence electrons. The van der Waals surface area contributed by atoms with Gasteiger partial charge in [0.25, 0.3) is 5.91 Å². The van der Waals surface area contributed by atoms with Crippen molar-refractivity contribution in [2.45, 2.75) is 44.5 Å². The van der Waals surface area contributed by atoms with Crippen LogP contribution in [0.1, 0.15) is 41.3 Å². The minimum Gasteiger partial charge on any atom is -0.456 e. The smallest absolute Gasteiger partial charge is 0.289 e. The Labute approximate surface area is 153 Å². The molecule has 0 aromatic carbocycles. The summed E-state index contributed by atoms with van der Waals surface area (Å²) >= 11 is 0. The van der Waals surface area contributed by atoms with Crippen molar-refractivity contribution in [2.24, 2.45) is 0 Å². The zero-order valence-electron chi connectivity index (χ0n) is 15.0. The Bertz CT molecular complexity index is 750. The van der Waals surface area contributed by atoms with E-state index in [4.69, 9.17) is 13.9 Å². The summed E-state index contributed by atoms with van der Waals surface area (Å²) in [4.78, 5) is 18.6. The molecule has 26 heavy (non-hydrogen) atoms. The van der Waals surface area contributed by atoms with Gasteiger partial charge in [0, 0.05) is 25.7 Å². The van der Waals surface area contributed by atoms with Crippen molar-refractivity contribution >= 4 is 5.91 Å². The van der Waals surface area contributed by atoms with Crippen LogP contribution in [0.25, 0.3) is 0 Å². The summed E-state index contributed by atoms with van der Waals surface area (Å²) in [6.07, 6.45) is 4.41. The van der Waals surface area contributed by atoms with Gasteiger partial charge in [0.1, 0.15) is 5.76 Å². The van der Waals surface area contributed by atoms with Crippen molar-refractivity contribution in [1.29, 1.82) is 0 Å². The molecule has 2 aliphatic rings. The highest BCUT2D eigenvalue weighted by Crippen LogP contribution is 2.37. The molecule has 2 aliphatic heterocycles. The molecule has 1 amide bonds. The largest absolute Gasteiger partial charge is 0.456 e. The van der Waals surface area contributed by atoms with Crippen LogP contribution in [0.2, 0.25) is 0 Å².